The van der Waals surface area contributed by atoms with Crippen LogP contribution in [0.2, 0.25) is 10.0 Å². The van der Waals surface area contributed by atoms with Crippen molar-refractivity contribution in [2.45, 2.75) is 78.4 Å². The molecule has 0 bridgehead atoms. The van der Waals surface area contributed by atoms with Crippen LogP contribution in [0.25, 0.3) is 0 Å². The molecule has 0 radical (unpaired) electrons. The van der Waals surface area contributed by atoms with Crippen LogP contribution in [0.5, 0.6) is 5.75 Å². The van der Waals surface area contributed by atoms with Gasteiger partial charge in [-0.15, -0.1) is 0 Å². The monoisotopic (exact) mass is 504 g/mol. The van der Waals surface area contributed by atoms with Crippen LogP contribution in [-0.4, -0.2) is 35.4 Å². The van der Waals surface area contributed by atoms with E-state index in [1.165, 1.54) is 6.42 Å². The molecule has 7 heteroatoms. The molecule has 0 saturated heterocycles. The molecule has 2 aromatic rings. The average Bonchev–Trinajstić information content (AvgIpc) is 2.81. The van der Waals surface area contributed by atoms with Crippen molar-refractivity contribution in [3.05, 3.63) is 62.6 Å². The molecule has 0 aromatic heterocycles. The van der Waals surface area contributed by atoms with Gasteiger partial charge in [0.1, 0.15) is 11.8 Å². The Labute approximate surface area is 212 Å². The number of rotatable bonds is 8. The number of halogens is 2. The molecule has 0 unspecified atom stereocenters. The Balaban J connectivity index is 1.77. The number of carbonyl (C=O) groups is 2. The third-order valence-electron chi connectivity index (χ3n) is 6.57. The van der Waals surface area contributed by atoms with E-state index in [1.54, 1.807) is 24.0 Å². The molecule has 184 valence electrons. The average molecular weight is 505 g/mol. The number of hydrogen-bond acceptors (Lipinski definition) is 3. The van der Waals surface area contributed by atoms with Gasteiger partial charge in [0.15, 0.2) is 6.61 Å². The summed E-state index contributed by atoms with van der Waals surface area (Å²) in [7, 11) is 0. The van der Waals surface area contributed by atoms with Gasteiger partial charge >= 0.3 is 0 Å². The van der Waals surface area contributed by atoms with Crippen LogP contribution in [0.15, 0.2) is 30.3 Å². The molecular formula is C27H34Cl2N2O3. The van der Waals surface area contributed by atoms with Crippen molar-refractivity contribution >= 4 is 35.0 Å². The van der Waals surface area contributed by atoms with Gasteiger partial charge in [0.05, 0.1) is 10.0 Å². The number of benzene rings is 2. The standard InChI is InChI=1S/C27H34Cl2N2O3/c1-17-12-18(2)19(3)25(13-17)34-16-26(32)31(15-21-10-11-23(28)24(29)14-21)20(4)27(33)30-22-8-6-5-7-9-22/h10-14,20,22H,5-9,15-16H2,1-4H3,(H,30,33)/t20-/m1/s1. The summed E-state index contributed by atoms with van der Waals surface area (Å²) < 4.78 is 5.93. The molecule has 0 aliphatic heterocycles. The van der Waals surface area contributed by atoms with Gasteiger partial charge in [-0.2, -0.15) is 0 Å². The second-order valence-electron chi connectivity index (χ2n) is 9.28. The van der Waals surface area contributed by atoms with Crippen molar-refractivity contribution in [1.82, 2.24) is 10.2 Å². The molecule has 1 atom stereocenters. The fourth-order valence-electron chi connectivity index (χ4n) is 4.36. The molecule has 2 aromatic carbocycles. The van der Waals surface area contributed by atoms with E-state index in [2.05, 4.69) is 11.4 Å². The van der Waals surface area contributed by atoms with E-state index < -0.39 is 6.04 Å². The highest BCUT2D eigenvalue weighted by Crippen LogP contribution is 2.25. The summed E-state index contributed by atoms with van der Waals surface area (Å²) in [5.74, 6) is 0.262. The Bertz CT molecular complexity index is 1030. The van der Waals surface area contributed by atoms with Crippen molar-refractivity contribution in [3.8, 4) is 5.75 Å². The highest BCUT2D eigenvalue weighted by Gasteiger charge is 2.28. The van der Waals surface area contributed by atoms with Gasteiger partial charge in [-0.05, 0) is 81.0 Å². The fourth-order valence-corrected chi connectivity index (χ4v) is 4.68. The van der Waals surface area contributed by atoms with Crippen molar-refractivity contribution in [2.75, 3.05) is 6.61 Å². The molecule has 1 aliphatic rings. The number of ether oxygens (including phenoxy) is 1. The number of amides is 2. The molecule has 5 nitrogen and oxygen atoms in total. The lowest BCUT2D eigenvalue weighted by Crippen LogP contribution is -2.51. The second kappa shape index (κ2) is 11.9. The minimum atomic E-state index is -0.659. The summed E-state index contributed by atoms with van der Waals surface area (Å²) in [5, 5.41) is 3.99. The molecule has 0 spiro atoms. The number of hydrogen-bond donors (Lipinski definition) is 1. The van der Waals surface area contributed by atoms with Crippen LogP contribution < -0.4 is 10.1 Å². The van der Waals surface area contributed by atoms with Crippen molar-refractivity contribution in [3.63, 3.8) is 0 Å². The summed E-state index contributed by atoms with van der Waals surface area (Å²) in [5.41, 5.74) is 3.97. The van der Waals surface area contributed by atoms with E-state index in [0.717, 1.165) is 47.9 Å². The van der Waals surface area contributed by atoms with Gasteiger partial charge < -0.3 is 15.0 Å². The van der Waals surface area contributed by atoms with Gasteiger partial charge in [0.25, 0.3) is 5.91 Å². The van der Waals surface area contributed by atoms with E-state index >= 15 is 0 Å². The maximum Gasteiger partial charge on any atom is 0.261 e. The normalized spacial score (nSPS) is 15.0. The minimum absolute atomic E-state index is 0.150. The summed E-state index contributed by atoms with van der Waals surface area (Å²) in [6, 6.07) is 8.76. The van der Waals surface area contributed by atoms with Crippen LogP contribution in [0, 0.1) is 20.8 Å². The van der Waals surface area contributed by atoms with Crippen molar-refractivity contribution in [1.29, 1.82) is 0 Å². The zero-order chi connectivity index (χ0) is 24.8. The van der Waals surface area contributed by atoms with Gasteiger partial charge in [0, 0.05) is 12.6 Å². The summed E-state index contributed by atoms with van der Waals surface area (Å²) in [6.07, 6.45) is 5.41. The molecule has 1 fully saturated rings. The molecule has 1 aliphatic carbocycles. The Hall–Kier alpha value is -2.24. The van der Waals surface area contributed by atoms with Crippen LogP contribution in [0.3, 0.4) is 0 Å². The number of nitrogens with one attached hydrogen (secondary N) is 1. The second-order valence-corrected chi connectivity index (χ2v) is 10.1. The Kier molecular flexibility index (Phi) is 9.26. The lowest BCUT2D eigenvalue weighted by molar-refractivity contribution is -0.142. The third-order valence-corrected chi connectivity index (χ3v) is 7.31. The zero-order valence-corrected chi connectivity index (χ0v) is 21.9. The summed E-state index contributed by atoms with van der Waals surface area (Å²) >= 11 is 12.3. The van der Waals surface area contributed by atoms with E-state index in [1.807, 2.05) is 32.9 Å². The number of carbonyl (C=O) groups excluding carboxylic acids is 2. The summed E-state index contributed by atoms with van der Waals surface area (Å²) in [4.78, 5) is 28.0. The molecule has 3 rings (SSSR count). The van der Waals surface area contributed by atoms with Gasteiger partial charge in [0.2, 0.25) is 5.91 Å². The van der Waals surface area contributed by atoms with Crippen molar-refractivity contribution in [2.24, 2.45) is 0 Å². The van der Waals surface area contributed by atoms with Gasteiger partial charge in [-0.1, -0.05) is 54.6 Å². The van der Waals surface area contributed by atoms with E-state index in [-0.39, 0.29) is 31.0 Å². The predicted molar refractivity (Wildman–Crippen MR) is 138 cm³/mol. The Morgan fingerprint density at radius 1 is 1.06 bits per heavy atom. The fraction of sp³-hybridized carbons (Fsp3) is 0.481. The van der Waals surface area contributed by atoms with Crippen LogP contribution in [0.1, 0.15) is 61.3 Å². The molecule has 1 N–H and O–H groups in total. The minimum Gasteiger partial charge on any atom is -0.483 e. The van der Waals surface area contributed by atoms with Crippen LogP contribution >= 0.6 is 23.2 Å². The third kappa shape index (κ3) is 6.89. The van der Waals surface area contributed by atoms with Gasteiger partial charge in [-0.3, -0.25) is 9.59 Å². The first-order valence-corrected chi connectivity index (χ1v) is 12.7. The lowest BCUT2D eigenvalue weighted by Gasteiger charge is -2.31. The smallest absolute Gasteiger partial charge is 0.261 e. The zero-order valence-electron chi connectivity index (χ0n) is 20.4. The summed E-state index contributed by atoms with van der Waals surface area (Å²) in [6.45, 7) is 7.81. The number of aryl methyl sites for hydroxylation is 2. The molecule has 1 saturated carbocycles. The maximum atomic E-state index is 13.4. The SMILES string of the molecule is Cc1cc(C)c(C)c(OCC(=O)N(Cc2ccc(Cl)c(Cl)c2)[C@H](C)C(=O)NC2CCCCC2)c1. The van der Waals surface area contributed by atoms with Crippen LogP contribution in [-0.2, 0) is 16.1 Å². The highest BCUT2D eigenvalue weighted by molar-refractivity contribution is 6.42. The first-order chi connectivity index (χ1) is 16.2. The molecule has 34 heavy (non-hydrogen) atoms. The van der Waals surface area contributed by atoms with Crippen molar-refractivity contribution < 1.29 is 14.3 Å². The van der Waals surface area contributed by atoms with Gasteiger partial charge in [-0.25, -0.2) is 0 Å². The molecular weight excluding hydrogens is 471 g/mol. The Morgan fingerprint density at radius 3 is 2.44 bits per heavy atom. The van der Waals surface area contributed by atoms with Crippen LogP contribution in [0.4, 0.5) is 0 Å². The first-order valence-electron chi connectivity index (χ1n) is 11.9. The topological polar surface area (TPSA) is 58.6 Å². The quantitative estimate of drug-likeness (QED) is 0.467. The number of nitrogens with zero attached hydrogens (tertiary/aromatic N) is 1. The Morgan fingerprint density at radius 2 is 1.76 bits per heavy atom. The van der Waals surface area contributed by atoms with E-state index in [4.69, 9.17) is 27.9 Å². The first kappa shape index (κ1) is 26.4. The highest BCUT2D eigenvalue weighted by atomic mass is 35.5. The molecule has 0 heterocycles. The lowest BCUT2D eigenvalue weighted by atomic mass is 9.95. The van der Waals surface area contributed by atoms with E-state index in [9.17, 15) is 9.59 Å². The predicted octanol–water partition coefficient (Wildman–Crippen LogP) is 6.16. The van der Waals surface area contributed by atoms with E-state index in [0.29, 0.717) is 15.8 Å². The largest absolute Gasteiger partial charge is 0.483 e. The maximum absolute atomic E-state index is 13.4. The molecule has 2 amide bonds.